The molecule has 2 fully saturated rings. The zero-order valence-corrected chi connectivity index (χ0v) is 18.2. The van der Waals surface area contributed by atoms with Crippen LogP contribution < -0.4 is 10.6 Å². The van der Waals surface area contributed by atoms with E-state index in [2.05, 4.69) is 10.6 Å². The molecule has 1 aromatic rings. The highest BCUT2D eigenvalue weighted by Gasteiger charge is 2.47. The third-order valence-electron chi connectivity index (χ3n) is 5.55. The molecule has 0 radical (unpaired) electrons. The number of hydrogen-bond acceptors (Lipinski definition) is 6. The molecule has 0 aromatic heterocycles. The van der Waals surface area contributed by atoms with E-state index in [1.165, 1.54) is 0 Å². The Balaban J connectivity index is 1.64. The standard InChI is InChI=1S/C21H29N3O5S/c1-15-21(2,18(25)12-29-15)23-19(26)17(14-30-13-16-6-4-3-5-7-16)22-20(27)24-8-10-28-11-9-24/h3-7,15,17H,8-14H2,1-2H3,(H,22,27)(H,23,26). The number of carbonyl (C=O) groups excluding carboxylic acids is 3. The number of hydrogen-bond donors (Lipinski definition) is 2. The van der Waals surface area contributed by atoms with Crippen molar-refractivity contribution in [2.24, 2.45) is 0 Å². The number of amides is 3. The van der Waals surface area contributed by atoms with E-state index in [9.17, 15) is 14.4 Å². The number of thioether (sulfide) groups is 1. The first-order valence-corrected chi connectivity index (χ1v) is 11.3. The molecule has 3 atom stereocenters. The molecule has 0 aliphatic carbocycles. The zero-order chi connectivity index (χ0) is 21.6. The Morgan fingerprint density at radius 1 is 1.27 bits per heavy atom. The van der Waals surface area contributed by atoms with Crippen LogP contribution in [0.2, 0.25) is 0 Å². The van der Waals surface area contributed by atoms with Crippen molar-refractivity contribution in [1.29, 1.82) is 0 Å². The number of morpholine rings is 1. The molecule has 0 saturated carbocycles. The molecule has 3 unspecified atom stereocenters. The molecule has 0 spiro atoms. The van der Waals surface area contributed by atoms with Gasteiger partial charge >= 0.3 is 6.03 Å². The third kappa shape index (κ3) is 5.53. The Morgan fingerprint density at radius 2 is 1.97 bits per heavy atom. The first kappa shape index (κ1) is 22.6. The van der Waals surface area contributed by atoms with Gasteiger partial charge in [-0.3, -0.25) is 9.59 Å². The van der Waals surface area contributed by atoms with E-state index in [4.69, 9.17) is 9.47 Å². The number of nitrogens with one attached hydrogen (secondary N) is 2. The molecule has 3 rings (SSSR count). The second-order valence-corrected chi connectivity index (χ2v) is 8.70. The molecule has 0 bridgehead atoms. The highest BCUT2D eigenvalue weighted by atomic mass is 32.2. The molecule has 164 valence electrons. The van der Waals surface area contributed by atoms with Crippen LogP contribution in [0.15, 0.2) is 30.3 Å². The Bertz CT molecular complexity index is 756. The largest absolute Gasteiger partial charge is 0.378 e. The van der Waals surface area contributed by atoms with Gasteiger partial charge < -0.3 is 25.0 Å². The van der Waals surface area contributed by atoms with Crippen molar-refractivity contribution >= 4 is 29.5 Å². The second-order valence-electron chi connectivity index (χ2n) is 7.67. The Morgan fingerprint density at radius 3 is 2.60 bits per heavy atom. The fourth-order valence-corrected chi connectivity index (χ4v) is 4.33. The maximum atomic E-state index is 13.1. The van der Waals surface area contributed by atoms with Crippen LogP contribution in [0.4, 0.5) is 4.79 Å². The Kier molecular flexibility index (Phi) is 7.74. The maximum absolute atomic E-state index is 13.1. The molecule has 2 saturated heterocycles. The Hall–Kier alpha value is -2.10. The lowest BCUT2D eigenvalue weighted by Crippen LogP contribution is -2.61. The lowest BCUT2D eigenvalue weighted by atomic mass is 9.93. The van der Waals surface area contributed by atoms with Crippen molar-refractivity contribution in [3.8, 4) is 0 Å². The number of rotatable bonds is 7. The highest BCUT2D eigenvalue weighted by molar-refractivity contribution is 7.98. The number of ketones is 1. The van der Waals surface area contributed by atoms with E-state index in [0.717, 1.165) is 5.56 Å². The molecule has 1 aromatic carbocycles. The van der Waals surface area contributed by atoms with Gasteiger partial charge in [0, 0.05) is 24.6 Å². The van der Waals surface area contributed by atoms with Gasteiger partial charge in [-0.15, -0.1) is 0 Å². The summed E-state index contributed by atoms with van der Waals surface area (Å²) in [5.41, 5.74) is 0.0458. The van der Waals surface area contributed by atoms with Crippen LogP contribution in [-0.4, -0.2) is 79.0 Å². The van der Waals surface area contributed by atoms with Gasteiger partial charge in [-0.2, -0.15) is 11.8 Å². The monoisotopic (exact) mass is 435 g/mol. The van der Waals surface area contributed by atoms with Crippen molar-refractivity contribution in [3.05, 3.63) is 35.9 Å². The summed E-state index contributed by atoms with van der Waals surface area (Å²) < 4.78 is 10.7. The van der Waals surface area contributed by atoms with Crippen LogP contribution in [0.1, 0.15) is 19.4 Å². The minimum Gasteiger partial charge on any atom is -0.378 e. The van der Waals surface area contributed by atoms with E-state index in [-0.39, 0.29) is 24.3 Å². The van der Waals surface area contributed by atoms with Crippen LogP contribution in [0, 0.1) is 0 Å². The summed E-state index contributed by atoms with van der Waals surface area (Å²) in [7, 11) is 0. The summed E-state index contributed by atoms with van der Waals surface area (Å²) in [5.74, 6) is 0.549. The number of ether oxygens (including phenoxy) is 2. The molecule has 2 N–H and O–H groups in total. The molecule has 3 amide bonds. The molecule has 2 heterocycles. The van der Waals surface area contributed by atoms with Gasteiger partial charge in [0.15, 0.2) is 5.78 Å². The van der Waals surface area contributed by atoms with E-state index in [0.29, 0.717) is 37.8 Å². The predicted octanol–water partition coefficient (Wildman–Crippen LogP) is 1.19. The summed E-state index contributed by atoms with van der Waals surface area (Å²) in [6, 6.07) is 8.85. The Labute approximate surface area is 181 Å². The van der Waals surface area contributed by atoms with Gasteiger partial charge in [-0.05, 0) is 19.4 Å². The van der Waals surface area contributed by atoms with Gasteiger partial charge in [-0.25, -0.2) is 4.79 Å². The lowest BCUT2D eigenvalue weighted by molar-refractivity contribution is -0.130. The molecule has 8 nitrogen and oxygen atoms in total. The molecule has 2 aliphatic heterocycles. The topological polar surface area (TPSA) is 97.0 Å². The van der Waals surface area contributed by atoms with E-state index in [1.807, 2.05) is 30.3 Å². The van der Waals surface area contributed by atoms with E-state index < -0.39 is 17.7 Å². The summed E-state index contributed by atoms with van der Waals surface area (Å²) in [6.45, 7) is 5.34. The fraction of sp³-hybridized carbons (Fsp3) is 0.571. The second kappa shape index (κ2) is 10.3. The molecule has 30 heavy (non-hydrogen) atoms. The van der Waals surface area contributed by atoms with Crippen molar-refractivity contribution < 1.29 is 23.9 Å². The molecule has 2 aliphatic rings. The summed E-state index contributed by atoms with van der Waals surface area (Å²) >= 11 is 1.55. The van der Waals surface area contributed by atoms with Gasteiger partial charge in [0.1, 0.15) is 18.2 Å². The highest BCUT2D eigenvalue weighted by Crippen LogP contribution is 2.22. The zero-order valence-electron chi connectivity index (χ0n) is 17.4. The number of carbonyl (C=O) groups is 3. The average molecular weight is 436 g/mol. The fourth-order valence-electron chi connectivity index (χ4n) is 3.32. The minimum atomic E-state index is -1.09. The SMILES string of the molecule is CC1OCC(=O)C1(C)NC(=O)C(CSCc1ccccc1)NC(=O)N1CCOCC1. The maximum Gasteiger partial charge on any atom is 0.318 e. The number of Topliss-reactive ketones (excluding diaryl/α,β-unsaturated/α-hetero) is 1. The van der Waals surface area contributed by atoms with Gasteiger partial charge in [0.25, 0.3) is 0 Å². The first-order valence-electron chi connectivity index (χ1n) is 10.1. The first-order chi connectivity index (χ1) is 14.4. The van der Waals surface area contributed by atoms with Crippen molar-refractivity contribution in [1.82, 2.24) is 15.5 Å². The summed E-state index contributed by atoms with van der Waals surface area (Å²) in [4.78, 5) is 39.7. The summed E-state index contributed by atoms with van der Waals surface area (Å²) in [6.07, 6.45) is -0.429. The number of benzene rings is 1. The molecular formula is C21H29N3O5S. The average Bonchev–Trinajstić information content (AvgIpc) is 3.01. The van der Waals surface area contributed by atoms with Crippen molar-refractivity contribution in [2.45, 2.75) is 37.3 Å². The normalized spacial score (nSPS) is 25.1. The van der Waals surface area contributed by atoms with Crippen molar-refractivity contribution in [2.75, 3.05) is 38.7 Å². The smallest absolute Gasteiger partial charge is 0.318 e. The van der Waals surface area contributed by atoms with Crippen LogP contribution in [0.3, 0.4) is 0 Å². The molecular weight excluding hydrogens is 406 g/mol. The van der Waals surface area contributed by atoms with Crippen LogP contribution in [0.5, 0.6) is 0 Å². The summed E-state index contributed by atoms with van der Waals surface area (Å²) in [5, 5.41) is 5.67. The van der Waals surface area contributed by atoms with E-state index in [1.54, 1.807) is 30.5 Å². The number of urea groups is 1. The third-order valence-corrected chi connectivity index (χ3v) is 6.65. The van der Waals surface area contributed by atoms with Crippen LogP contribution in [-0.2, 0) is 24.8 Å². The van der Waals surface area contributed by atoms with E-state index >= 15 is 0 Å². The minimum absolute atomic E-state index is 0.0223. The quantitative estimate of drug-likeness (QED) is 0.668. The van der Waals surface area contributed by atoms with Crippen LogP contribution >= 0.6 is 11.8 Å². The predicted molar refractivity (Wildman–Crippen MR) is 114 cm³/mol. The van der Waals surface area contributed by atoms with Gasteiger partial charge in [0.05, 0.1) is 19.3 Å². The lowest BCUT2D eigenvalue weighted by Gasteiger charge is -2.32. The van der Waals surface area contributed by atoms with Crippen LogP contribution in [0.25, 0.3) is 0 Å². The van der Waals surface area contributed by atoms with Gasteiger partial charge in [0.2, 0.25) is 5.91 Å². The number of nitrogens with zero attached hydrogens (tertiary/aromatic N) is 1. The molecule has 9 heteroatoms. The van der Waals surface area contributed by atoms with Crippen molar-refractivity contribution in [3.63, 3.8) is 0 Å². The van der Waals surface area contributed by atoms with Gasteiger partial charge in [-0.1, -0.05) is 30.3 Å².